The van der Waals surface area contributed by atoms with Gasteiger partial charge in [-0.1, -0.05) is 70.9 Å². The van der Waals surface area contributed by atoms with Crippen molar-refractivity contribution < 1.29 is 9.47 Å². The second kappa shape index (κ2) is 14.5. The van der Waals surface area contributed by atoms with E-state index >= 15 is 0 Å². The molecule has 0 fully saturated rings. The maximum atomic E-state index is 6.11. The van der Waals surface area contributed by atoms with Crippen molar-refractivity contribution in [3.63, 3.8) is 0 Å². The number of hydrogen-bond donors (Lipinski definition) is 1. The normalized spacial score (nSPS) is 11.5. The maximum Gasteiger partial charge on any atom is 0.144 e. The molecule has 0 amide bonds. The minimum Gasteiger partial charge on any atom is -0.491 e. The average molecular weight is 404 g/mol. The number of aryl methyl sites for hydroxylation is 1. The van der Waals surface area contributed by atoms with Crippen molar-refractivity contribution in [2.45, 2.75) is 67.1 Å². The summed E-state index contributed by atoms with van der Waals surface area (Å²) in [6.45, 7) is 12.4. The molecule has 4 heteroatoms. The summed E-state index contributed by atoms with van der Waals surface area (Å²) in [6.07, 6.45) is 5.21. The van der Waals surface area contributed by atoms with Crippen LogP contribution >= 0.6 is 12.6 Å². The lowest BCUT2D eigenvalue weighted by molar-refractivity contribution is 0.106. The van der Waals surface area contributed by atoms with Gasteiger partial charge in [0.2, 0.25) is 0 Å². The van der Waals surface area contributed by atoms with Gasteiger partial charge in [-0.25, -0.2) is 0 Å². The van der Waals surface area contributed by atoms with E-state index in [1.165, 1.54) is 17.5 Å². The summed E-state index contributed by atoms with van der Waals surface area (Å²) >= 11 is 4.34. The third-order valence-corrected chi connectivity index (χ3v) is 4.72. The number of hydrogen-bond acceptors (Lipinski definition) is 4. The first-order chi connectivity index (χ1) is 13.6. The summed E-state index contributed by atoms with van der Waals surface area (Å²) in [5.41, 5.74) is 4.48. The van der Waals surface area contributed by atoms with E-state index in [-0.39, 0.29) is 0 Å². The van der Waals surface area contributed by atoms with E-state index in [1.807, 2.05) is 31.3 Å². The van der Waals surface area contributed by atoms with Crippen LogP contribution in [0, 0.1) is 12.8 Å². The molecule has 1 aromatic carbocycles. The molecule has 2 aromatic rings. The van der Waals surface area contributed by atoms with Crippen molar-refractivity contribution in [1.29, 1.82) is 0 Å². The van der Waals surface area contributed by atoms with Crippen molar-refractivity contribution in [2.75, 3.05) is 12.4 Å². The molecule has 0 saturated carbocycles. The zero-order valence-corrected chi connectivity index (χ0v) is 19.1. The Labute approximate surface area is 177 Å². The quantitative estimate of drug-likeness (QED) is 0.464. The van der Waals surface area contributed by atoms with Crippen LogP contribution in [0.25, 0.3) is 0 Å². The molecule has 0 N–H and O–H groups in total. The van der Waals surface area contributed by atoms with E-state index in [4.69, 9.17) is 9.47 Å². The maximum absolute atomic E-state index is 6.11. The van der Waals surface area contributed by atoms with Crippen LogP contribution in [0.2, 0.25) is 0 Å². The Balaban J connectivity index is 0.00000122. The molecular weight excluding hydrogens is 366 g/mol. The third-order valence-electron chi connectivity index (χ3n) is 4.10. The molecule has 0 aliphatic carbocycles. The van der Waals surface area contributed by atoms with Gasteiger partial charge >= 0.3 is 0 Å². The Morgan fingerprint density at radius 2 is 1.75 bits per heavy atom. The van der Waals surface area contributed by atoms with Crippen molar-refractivity contribution in [3.8, 4) is 5.75 Å². The van der Waals surface area contributed by atoms with Gasteiger partial charge in [-0.3, -0.25) is 4.98 Å². The number of rotatable bonds is 10. The van der Waals surface area contributed by atoms with Crippen LogP contribution in [-0.2, 0) is 24.4 Å². The molecule has 1 aromatic heterocycles. The summed E-state index contributed by atoms with van der Waals surface area (Å²) in [4.78, 5) is 4.53. The minimum atomic E-state index is 0.412. The third kappa shape index (κ3) is 8.66. The smallest absolute Gasteiger partial charge is 0.144 e. The Morgan fingerprint density at radius 3 is 2.36 bits per heavy atom. The highest BCUT2D eigenvalue weighted by molar-refractivity contribution is 7.80. The van der Waals surface area contributed by atoms with Crippen molar-refractivity contribution in [2.24, 2.45) is 5.92 Å². The molecule has 0 radical (unpaired) electrons. The molecule has 0 unspecified atom stereocenters. The number of nitrogens with zero attached hydrogens (tertiary/aromatic N) is 1. The molecule has 3 nitrogen and oxygen atoms in total. The van der Waals surface area contributed by atoms with Crippen LogP contribution in [0.5, 0.6) is 5.75 Å². The zero-order valence-electron chi connectivity index (χ0n) is 18.2. The number of thiol groups is 1. The second-order valence-electron chi connectivity index (χ2n) is 7.21. The van der Waals surface area contributed by atoms with Crippen LogP contribution in [0.1, 0.15) is 62.9 Å². The molecule has 0 spiro atoms. The number of aromatic nitrogens is 1. The van der Waals surface area contributed by atoms with Gasteiger partial charge in [-0.05, 0) is 30.6 Å². The monoisotopic (exact) mass is 403 g/mol. The first kappa shape index (κ1) is 24.5. The van der Waals surface area contributed by atoms with Gasteiger partial charge in [0.25, 0.3) is 0 Å². The van der Waals surface area contributed by atoms with Crippen molar-refractivity contribution >= 4 is 12.6 Å². The van der Waals surface area contributed by atoms with E-state index < -0.39 is 0 Å². The van der Waals surface area contributed by atoms with E-state index in [1.54, 1.807) is 0 Å². The highest BCUT2D eigenvalue weighted by Gasteiger charge is 2.15. The van der Waals surface area contributed by atoms with E-state index in [0.717, 1.165) is 35.6 Å². The SMILES string of the molecule is CCC.CCCc1c(COCc2ccccc2)cnc(C)c1OC[C@@H](C)CS. The van der Waals surface area contributed by atoms with Crippen LogP contribution in [-0.4, -0.2) is 17.3 Å². The fourth-order valence-corrected chi connectivity index (χ4v) is 2.75. The molecule has 1 heterocycles. The highest BCUT2D eigenvalue weighted by Crippen LogP contribution is 2.28. The minimum absolute atomic E-state index is 0.412. The molecule has 28 heavy (non-hydrogen) atoms. The fourth-order valence-electron chi connectivity index (χ4n) is 2.65. The lowest BCUT2D eigenvalue weighted by Crippen LogP contribution is -2.13. The van der Waals surface area contributed by atoms with Gasteiger partial charge in [-0.2, -0.15) is 12.6 Å². The molecule has 1 atom stereocenters. The van der Waals surface area contributed by atoms with Crippen LogP contribution in [0.15, 0.2) is 36.5 Å². The Morgan fingerprint density at radius 1 is 1.07 bits per heavy atom. The second-order valence-corrected chi connectivity index (χ2v) is 7.58. The molecular formula is C24H37NO2S. The molecule has 2 rings (SSSR count). The first-order valence-corrected chi connectivity index (χ1v) is 11.0. The van der Waals surface area contributed by atoms with Crippen molar-refractivity contribution in [1.82, 2.24) is 4.98 Å². The van der Waals surface area contributed by atoms with Crippen LogP contribution < -0.4 is 4.74 Å². The van der Waals surface area contributed by atoms with Gasteiger partial charge in [0.1, 0.15) is 5.75 Å². The van der Waals surface area contributed by atoms with Gasteiger partial charge in [-0.15, -0.1) is 0 Å². The molecule has 0 aliphatic heterocycles. The van der Waals surface area contributed by atoms with Crippen molar-refractivity contribution in [3.05, 3.63) is 58.9 Å². The van der Waals surface area contributed by atoms with E-state index in [0.29, 0.717) is 25.7 Å². The topological polar surface area (TPSA) is 31.4 Å². The van der Waals surface area contributed by atoms with Crippen LogP contribution in [0.3, 0.4) is 0 Å². The largest absolute Gasteiger partial charge is 0.491 e. The van der Waals surface area contributed by atoms with E-state index in [2.05, 4.69) is 57.4 Å². The molecule has 0 bridgehead atoms. The summed E-state index contributed by atoms with van der Waals surface area (Å²) in [7, 11) is 0. The number of pyridine rings is 1. The molecule has 0 saturated heterocycles. The Kier molecular flexibility index (Phi) is 12.7. The van der Waals surface area contributed by atoms with Crippen LogP contribution in [0.4, 0.5) is 0 Å². The average Bonchev–Trinajstić information content (AvgIpc) is 2.70. The van der Waals surface area contributed by atoms with E-state index in [9.17, 15) is 0 Å². The number of benzene rings is 1. The predicted octanol–water partition coefficient (Wildman–Crippen LogP) is 6.42. The first-order valence-electron chi connectivity index (χ1n) is 10.4. The summed E-state index contributed by atoms with van der Waals surface area (Å²) in [5, 5.41) is 0. The lowest BCUT2D eigenvalue weighted by Gasteiger charge is -2.19. The number of ether oxygens (including phenoxy) is 2. The lowest BCUT2D eigenvalue weighted by atomic mass is 10.0. The Hall–Kier alpha value is -1.52. The van der Waals surface area contributed by atoms with Gasteiger partial charge in [0.15, 0.2) is 0 Å². The summed E-state index contributed by atoms with van der Waals surface area (Å²) in [5.74, 6) is 2.15. The zero-order chi connectivity index (χ0) is 20.8. The fraction of sp³-hybridized carbons (Fsp3) is 0.542. The Bertz CT molecular complexity index is 661. The van der Waals surface area contributed by atoms with Gasteiger partial charge in [0, 0.05) is 17.3 Å². The predicted molar refractivity (Wildman–Crippen MR) is 122 cm³/mol. The van der Waals surface area contributed by atoms with Gasteiger partial charge < -0.3 is 9.47 Å². The highest BCUT2D eigenvalue weighted by atomic mass is 32.1. The standard InChI is InChI=1S/C21H29NO2S.C3H8/c1-4-8-20-19(14-23-13-18-9-6-5-7-10-18)11-22-17(3)21(20)24-12-16(2)15-25;1-3-2/h5-7,9-11,16,25H,4,8,12-15H2,1-3H3;3H2,1-2H3/t16-;/m1./s1. The molecule has 156 valence electrons. The summed E-state index contributed by atoms with van der Waals surface area (Å²) < 4.78 is 12.0. The van der Waals surface area contributed by atoms with Gasteiger partial charge in [0.05, 0.1) is 25.5 Å². The summed E-state index contributed by atoms with van der Waals surface area (Å²) in [6, 6.07) is 10.2. The molecule has 0 aliphatic rings.